The van der Waals surface area contributed by atoms with E-state index in [2.05, 4.69) is 11.8 Å². The fourth-order valence-electron chi connectivity index (χ4n) is 1.28. The lowest BCUT2D eigenvalue weighted by Gasteiger charge is -2.18. The summed E-state index contributed by atoms with van der Waals surface area (Å²) in [6.07, 6.45) is 1.05. The molecular weight excluding hydrogens is 142 g/mol. The second-order valence-corrected chi connectivity index (χ2v) is 3.07. The maximum atomic E-state index is 8.92. The van der Waals surface area contributed by atoms with E-state index in [1.54, 1.807) is 0 Å². The summed E-state index contributed by atoms with van der Waals surface area (Å²) in [5.41, 5.74) is 0. The van der Waals surface area contributed by atoms with Gasteiger partial charge in [-0.15, -0.1) is 0 Å². The van der Waals surface area contributed by atoms with Gasteiger partial charge in [-0.1, -0.05) is 6.92 Å². The van der Waals surface area contributed by atoms with Gasteiger partial charge in [-0.2, -0.15) is 0 Å². The van der Waals surface area contributed by atoms with Crippen molar-refractivity contribution in [2.75, 3.05) is 33.0 Å². The first kappa shape index (κ1) is 8.97. The lowest BCUT2D eigenvalue weighted by atomic mass is 10.1. The SMILES string of the molecule is CCC(CO)CN1CCOC1. The molecule has 0 aromatic rings. The Morgan fingerprint density at radius 2 is 2.45 bits per heavy atom. The molecule has 1 fully saturated rings. The van der Waals surface area contributed by atoms with Crippen LogP contribution in [0.1, 0.15) is 13.3 Å². The lowest BCUT2D eigenvalue weighted by molar-refractivity contribution is 0.114. The average molecular weight is 159 g/mol. The molecule has 3 heteroatoms. The monoisotopic (exact) mass is 159 g/mol. The van der Waals surface area contributed by atoms with Crippen LogP contribution in [0.5, 0.6) is 0 Å². The molecule has 1 unspecified atom stereocenters. The number of hydrogen-bond donors (Lipinski definition) is 1. The third-order valence-electron chi connectivity index (χ3n) is 2.18. The Hall–Kier alpha value is -0.120. The highest BCUT2D eigenvalue weighted by Crippen LogP contribution is 2.07. The smallest absolute Gasteiger partial charge is 0.0991 e. The van der Waals surface area contributed by atoms with Crippen molar-refractivity contribution < 1.29 is 9.84 Å². The van der Waals surface area contributed by atoms with Gasteiger partial charge < -0.3 is 9.84 Å². The molecule has 1 aliphatic rings. The van der Waals surface area contributed by atoms with Crippen molar-refractivity contribution in [2.24, 2.45) is 5.92 Å². The molecule has 66 valence electrons. The molecule has 3 nitrogen and oxygen atoms in total. The summed E-state index contributed by atoms with van der Waals surface area (Å²) in [4.78, 5) is 2.24. The van der Waals surface area contributed by atoms with Crippen LogP contribution in [0.4, 0.5) is 0 Å². The first-order valence-electron chi connectivity index (χ1n) is 4.27. The van der Waals surface area contributed by atoms with Crippen LogP contribution >= 0.6 is 0 Å². The second kappa shape index (κ2) is 4.70. The standard InChI is InChI=1S/C8H17NO2/c1-2-8(6-10)5-9-3-4-11-7-9/h8,10H,2-7H2,1H3. The van der Waals surface area contributed by atoms with E-state index in [9.17, 15) is 0 Å². The van der Waals surface area contributed by atoms with E-state index in [0.29, 0.717) is 12.5 Å². The van der Waals surface area contributed by atoms with Crippen molar-refractivity contribution in [1.82, 2.24) is 4.90 Å². The lowest BCUT2D eigenvalue weighted by Crippen LogP contribution is -2.28. The minimum Gasteiger partial charge on any atom is -0.396 e. The molecule has 0 aromatic carbocycles. The van der Waals surface area contributed by atoms with Gasteiger partial charge in [0.15, 0.2) is 0 Å². The average Bonchev–Trinajstić information content (AvgIpc) is 2.52. The Bertz CT molecular complexity index is 98.3. The Kier molecular flexibility index (Phi) is 3.83. The molecule has 1 atom stereocenters. The van der Waals surface area contributed by atoms with Gasteiger partial charge >= 0.3 is 0 Å². The van der Waals surface area contributed by atoms with E-state index in [4.69, 9.17) is 9.84 Å². The number of ether oxygens (including phenoxy) is 1. The molecule has 1 aliphatic heterocycles. The van der Waals surface area contributed by atoms with Crippen molar-refractivity contribution >= 4 is 0 Å². The van der Waals surface area contributed by atoms with E-state index < -0.39 is 0 Å². The van der Waals surface area contributed by atoms with Crippen molar-refractivity contribution in [3.05, 3.63) is 0 Å². The maximum absolute atomic E-state index is 8.92. The highest BCUT2D eigenvalue weighted by molar-refractivity contribution is 4.64. The summed E-state index contributed by atoms with van der Waals surface area (Å²) < 4.78 is 5.19. The molecule has 1 N–H and O–H groups in total. The fraction of sp³-hybridized carbons (Fsp3) is 1.00. The molecule has 0 saturated carbocycles. The highest BCUT2D eigenvalue weighted by atomic mass is 16.5. The van der Waals surface area contributed by atoms with Crippen LogP contribution in [0.2, 0.25) is 0 Å². The summed E-state index contributed by atoms with van der Waals surface area (Å²) in [5.74, 6) is 0.427. The molecule has 0 spiro atoms. The summed E-state index contributed by atoms with van der Waals surface area (Å²) in [7, 11) is 0. The largest absolute Gasteiger partial charge is 0.396 e. The quantitative estimate of drug-likeness (QED) is 0.640. The first-order chi connectivity index (χ1) is 5.36. The molecule has 0 aromatic heterocycles. The van der Waals surface area contributed by atoms with Gasteiger partial charge in [0.1, 0.15) is 0 Å². The van der Waals surface area contributed by atoms with Crippen molar-refractivity contribution in [3.8, 4) is 0 Å². The topological polar surface area (TPSA) is 32.7 Å². The molecule has 11 heavy (non-hydrogen) atoms. The van der Waals surface area contributed by atoms with Crippen LogP contribution in [0, 0.1) is 5.92 Å². The van der Waals surface area contributed by atoms with E-state index >= 15 is 0 Å². The molecule has 1 saturated heterocycles. The molecule has 1 heterocycles. The zero-order chi connectivity index (χ0) is 8.10. The minimum atomic E-state index is 0.299. The second-order valence-electron chi connectivity index (χ2n) is 3.07. The number of hydrogen-bond acceptors (Lipinski definition) is 3. The van der Waals surface area contributed by atoms with E-state index in [-0.39, 0.29) is 0 Å². The van der Waals surface area contributed by atoms with Gasteiger partial charge in [0, 0.05) is 19.7 Å². The van der Waals surface area contributed by atoms with Gasteiger partial charge in [-0.05, 0) is 12.3 Å². The highest BCUT2D eigenvalue weighted by Gasteiger charge is 2.15. The Morgan fingerprint density at radius 1 is 1.64 bits per heavy atom. The van der Waals surface area contributed by atoms with Crippen LogP contribution in [0.3, 0.4) is 0 Å². The number of aliphatic hydroxyl groups excluding tert-OH is 1. The van der Waals surface area contributed by atoms with Gasteiger partial charge in [0.2, 0.25) is 0 Å². The van der Waals surface area contributed by atoms with Gasteiger partial charge in [-0.25, -0.2) is 0 Å². The molecule has 0 radical (unpaired) electrons. The zero-order valence-corrected chi connectivity index (χ0v) is 7.12. The maximum Gasteiger partial charge on any atom is 0.0991 e. The summed E-state index contributed by atoms with van der Waals surface area (Å²) in [6.45, 7) is 6.01. The van der Waals surface area contributed by atoms with Gasteiger partial charge in [0.25, 0.3) is 0 Å². The molecule has 0 aliphatic carbocycles. The first-order valence-corrected chi connectivity index (χ1v) is 4.27. The van der Waals surface area contributed by atoms with Crippen LogP contribution < -0.4 is 0 Å². The summed E-state index contributed by atoms with van der Waals surface area (Å²) >= 11 is 0. The number of rotatable bonds is 4. The predicted octanol–water partition coefficient (Wildman–Crippen LogP) is 0.295. The minimum absolute atomic E-state index is 0.299. The molecule has 1 rings (SSSR count). The van der Waals surface area contributed by atoms with Crippen LogP contribution in [0.25, 0.3) is 0 Å². The van der Waals surface area contributed by atoms with Crippen LogP contribution in [-0.4, -0.2) is 43.0 Å². The predicted molar refractivity (Wildman–Crippen MR) is 43.3 cm³/mol. The van der Waals surface area contributed by atoms with E-state index in [1.807, 2.05) is 0 Å². The zero-order valence-electron chi connectivity index (χ0n) is 7.12. The molecule has 0 bridgehead atoms. The van der Waals surface area contributed by atoms with Crippen molar-refractivity contribution in [3.63, 3.8) is 0 Å². The third kappa shape index (κ3) is 2.77. The number of nitrogens with zero attached hydrogens (tertiary/aromatic N) is 1. The van der Waals surface area contributed by atoms with Crippen molar-refractivity contribution in [1.29, 1.82) is 0 Å². The van der Waals surface area contributed by atoms with Crippen LogP contribution in [0.15, 0.2) is 0 Å². The van der Waals surface area contributed by atoms with Gasteiger partial charge in [0.05, 0.1) is 13.3 Å². The fourth-order valence-corrected chi connectivity index (χ4v) is 1.28. The summed E-state index contributed by atoms with van der Waals surface area (Å²) in [5, 5.41) is 8.92. The molecule has 0 amide bonds. The van der Waals surface area contributed by atoms with E-state index in [1.165, 1.54) is 0 Å². The normalized spacial score (nSPS) is 22.4. The Labute approximate surface area is 68.0 Å². The van der Waals surface area contributed by atoms with Gasteiger partial charge in [-0.3, -0.25) is 4.90 Å². The van der Waals surface area contributed by atoms with E-state index in [0.717, 1.165) is 32.8 Å². The third-order valence-corrected chi connectivity index (χ3v) is 2.18. The Balaban J connectivity index is 2.16. The Morgan fingerprint density at radius 3 is 2.91 bits per heavy atom. The summed E-state index contributed by atoms with van der Waals surface area (Å²) in [6, 6.07) is 0. The van der Waals surface area contributed by atoms with Crippen molar-refractivity contribution in [2.45, 2.75) is 13.3 Å². The molecular formula is C8H17NO2. The van der Waals surface area contributed by atoms with Crippen LogP contribution in [-0.2, 0) is 4.74 Å². The number of aliphatic hydroxyl groups is 1.